The topological polar surface area (TPSA) is 69.2 Å². The van der Waals surface area contributed by atoms with Crippen LogP contribution in [-0.2, 0) is 6.61 Å². The maximum absolute atomic E-state index is 12.4. The van der Waals surface area contributed by atoms with Crippen LogP contribution in [0.2, 0.25) is 5.02 Å². The summed E-state index contributed by atoms with van der Waals surface area (Å²) < 4.78 is 18.2. The Hall–Kier alpha value is -2.30. The minimum Gasteiger partial charge on any atom is -0.496 e. The van der Waals surface area contributed by atoms with Crippen LogP contribution in [0, 0.1) is 3.57 Å². The fourth-order valence-electron chi connectivity index (χ4n) is 2.72. The number of hydrogen-bond acceptors (Lipinski definition) is 5. The number of nitrogens with one attached hydrogen (secondary N) is 1. The number of amides is 1. The monoisotopic (exact) mass is 628 g/mol. The van der Waals surface area contributed by atoms with E-state index in [0.717, 1.165) is 13.6 Å². The van der Waals surface area contributed by atoms with Crippen LogP contribution in [0.5, 0.6) is 17.2 Å². The van der Waals surface area contributed by atoms with E-state index in [1.807, 2.05) is 24.3 Å². The molecule has 0 bridgehead atoms. The van der Waals surface area contributed by atoms with Gasteiger partial charge >= 0.3 is 0 Å². The lowest BCUT2D eigenvalue weighted by Crippen LogP contribution is -2.17. The van der Waals surface area contributed by atoms with Crippen LogP contribution in [0.15, 0.2) is 64.2 Å². The lowest BCUT2D eigenvalue weighted by Gasteiger charge is -2.13. The normalized spacial score (nSPS) is 10.8. The van der Waals surface area contributed by atoms with Crippen LogP contribution in [0.25, 0.3) is 0 Å². The molecule has 0 unspecified atom stereocenters. The Morgan fingerprint density at radius 3 is 2.56 bits per heavy atom. The van der Waals surface area contributed by atoms with Gasteiger partial charge in [0.1, 0.15) is 12.4 Å². The molecule has 1 amide bonds. The first kappa shape index (κ1) is 24.3. The third-order valence-corrected chi connectivity index (χ3v) is 6.35. The van der Waals surface area contributed by atoms with Gasteiger partial charge in [0.05, 0.1) is 24.0 Å². The van der Waals surface area contributed by atoms with Crippen molar-refractivity contribution in [3.05, 3.63) is 84.4 Å². The van der Waals surface area contributed by atoms with Gasteiger partial charge in [-0.25, -0.2) is 5.43 Å². The van der Waals surface area contributed by atoms with E-state index in [1.165, 1.54) is 6.21 Å². The quantitative estimate of drug-likeness (QED) is 0.187. The number of nitrogens with zero attached hydrogens (tertiary/aromatic N) is 1. The molecular formula is C23H19BrClIN2O4. The molecule has 0 spiro atoms. The lowest BCUT2D eigenvalue weighted by molar-refractivity contribution is 0.0954. The third kappa shape index (κ3) is 6.14. The Morgan fingerprint density at radius 1 is 1.09 bits per heavy atom. The first-order valence-corrected chi connectivity index (χ1v) is 11.6. The predicted octanol–water partition coefficient (Wildman–Crippen LogP) is 6.07. The molecule has 0 atom stereocenters. The molecule has 1 N–H and O–H groups in total. The largest absolute Gasteiger partial charge is 0.496 e. The second-order valence-electron chi connectivity index (χ2n) is 6.45. The van der Waals surface area contributed by atoms with Crippen molar-refractivity contribution in [3.8, 4) is 17.2 Å². The molecule has 0 radical (unpaired) electrons. The van der Waals surface area contributed by atoms with Crippen molar-refractivity contribution in [1.82, 2.24) is 5.43 Å². The summed E-state index contributed by atoms with van der Waals surface area (Å²) in [5, 5.41) is 4.69. The zero-order chi connectivity index (χ0) is 23.1. The lowest BCUT2D eigenvalue weighted by atomic mass is 10.2. The first-order chi connectivity index (χ1) is 15.4. The van der Waals surface area contributed by atoms with Crippen LogP contribution >= 0.6 is 50.1 Å². The Morgan fingerprint density at radius 2 is 1.84 bits per heavy atom. The van der Waals surface area contributed by atoms with E-state index in [9.17, 15) is 4.79 Å². The molecule has 0 aliphatic carbocycles. The van der Waals surface area contributed by atoms with Crippen molar-refractivity contribution >= 4 is 62.2 Å². The summed E-state index contributed by atoms with van der Waals surface area (Å²) in [5.74, 6) is 1.35. The average molecular weight is 630 g/mol. The molecule has 6 nitrogen and oxygen atoms in total. The Bertz CT molecular complexity index is 1160. The zero-order valence-corrected chi connectivity index (χ0v) is 21.7. The van der Waals surface area contributed by atoms with Gasteiger partial charge in [0.2, 0.25) is 0 Å². The molecule has 9 heteroatoms. The molecule has 0 fully saturated rings. The number of rotatable bonds is 8. The van der Waals surface area contributed by atoms with Crippen molar-refractivity contribution in [2.75, 3.05) is 14.2 Å². The summed E-state index contributed by atoms with van der Waals surface area (Å²) in [6.07, 6.45) is 1.52. The second kappa shape index (κ2) is 11.5. The van der Waals surface area contributed by atoms with E-state index in [1.54, 1.807) is 44.6 Å². The second-order valence-corrected chi connectivity index (χ2v) is 8.88. The highest BCUT2D eigenvalue weighted by molar-refractivity contribution is 14.1. The molecule has 3 aromatic rings. The molecule has 0 saturated carbocycles. The van der Waals surface area contributed by atoms with E-state index in [0.29, 0.717) is 40.0 Å². The number of hydrogen-bond donors (Lipinski definition) is 1. The molecule has 3 aromatic carbocycles. The van der Waals surface area contributed by atoms with Gasteiger partial charge in [0.15, 0.2) is 11.5 Å². The third-order valence-electron chi connectivity index (χ3n) is 4.41. The van der Waals surface area contributed by atoms with Crippen LogP contribution < -0.4 is 19.6 Å². The Kier molecular flexibility index (Phi) is 8.77. The number of carbonyl (C=O) groups is 1. The molecule has 0 aromatic heterocycles. The smallest absolute Gasteiger partial charge is 0.271 e. The molecule has 0 aliphatic rings. The summed E-state index contributed by atoms with van der Waals surface area (Å²) >= 11 is 11.8. The maximum atomic E-state index is 12.4. The minimum absolute atomic E-state index is 0.297. The summed E-state index contributed by atoms with van der Waals surface area (Å²) in [5.41, 5.74) is 4.53. The summed E-state index contributed by atoms with van der Waals surface area (Å²) in [7, 11) is 3.11. The van der Waals surface area contributed by atoms with Crippen molar-refractivity contribution in [3.63, 3.8) is 0 Å². The maximum Gasteiger partial charge on any atom is 0.271 e. The highest BCUT2D eigenvalue weighted by Crippen LogP contribution is 2.34. The van der Waals surface area contributed by atoms with Gasteiger partial charge in [0.25, 0.3) is 5.91 Å². The van der Waals surface area contributed by atoms with E-state index in [2.05, 4.69) is 49.0 Å². The number of halogens is 3. The minimum atomic E-state index is -0.348. The van der Waals surface area contributed by atoms with Gasteiger partial charge in [0, 0.05) is 26.2 Å². The fourth-order valence-corrected chi connectivity index (χ4v) is 3.89. The van der Waals surface area contributed by atoms with Gasteiger partial charge in [-0.05, 0) is 74.9 Å². The fraction of sp³-hybridized carbons (Fsp3) is 0.130. The Balaban J connectivity index is 1.70. The van der Waals surface area contributed by atoms with Gasteiger partial charge < -0.3 is 14.2 Å². The van der Waals surface area contributed by atoms with Crippen LogP contribution in [0.3, 0.4) is 0 Å². The number of methoxy groups -OCH3 is 2. The van der Waals surface area contributed by atoms with E-state index < -0.39 is 0 Å². The highest BCUT2D eigenvalue weighted by atomic mass is 127. The first-order valence-electron chi connectivity index (χ1n) is 9.33. The molecule has 166 valence electrons. The molecule has 0 saturated heterocycles. The summed E-state index contributed by atoms with van der Waals surface area (Å²) in [4.78, 5) is 12.4. The summed E-state index contributed by atoms with van der Waals surface area (Å²) in [6.45, 7) is 0.297. The number of benzene rings is 3. The van der Waals surface area contributed by atoms with Crippen LogP contribution in [0.4, 0.5) is 0 Å². The van der Waals surface area contributed by atoms with Crippen molar-refractivity contribution in [2.45, 2.75) is 6.61 Å². The van der Waals surface area contributed by atoms with E-state index >= 15 is 0 Å². The molecular weight excluding hydrogens is 611 g/mol. The molecule has 32 heavy (non-hydrogen) atoms. The van der Waals surface area contributed by atoms with Gasteiger partial charge in [-0.3, -0.25) is 4.79 Å². The van der Waals surface area contributed by atoms with Gasteiger partial charge in [-0.15, -0.1) is 0 Å². The van der Waals surface area contributed by atoms with Crippen molar-refractivity contribution < 1.29 is 19.0 Å². The predicted molar refractivity (Wildman–Crippen MR) is 137 cm³/mol. The van der Waals surface area contributed by atoms with E-state index in [-0.39, 0.29) is 5.91 Å². The SMILES string of the molecule is COc1cc(C(=O)N/N=C\c2cc(OC)c(OCc3ccccc3Cl)cc2Br)ccc1I. The molecule has 0 heterocycles. The molecule has 3 rings (SSSR count). The number of ether oxygens (including phenoxy) is 3. The number of carbonyl (C=O) groups excluding carboxylic acids is 1. The zero-order valence-electron chi connectivity index (χ0n) is 17.2. The standard InChI is InChI=1S/C23H19BrClIN2O4/c1-30-20-9-14(7-8-19(20)26)23(29)28-27-12-16-10-21(31-2)22(11-17(16)24)32-13-15-5-3-4-6-18(15)25/h3-12H,13H2,1-2H3,(H,28,29)/b27-12-. The van der Waals surface area contributed by atoms with Gasteiger partial charge in [-0.2, -0.15) is 5.10 Å². The van der Waals surface area contributed by atoms with Gasteiger partial charge in [-0.1, -0.05) is 29.8 Å². The van der Waals surface area contributed by atoms with Crippen LogP contribution in [-0.4, -0.2) is 26.3 Å². The van der Waals surface area contributed by atoms with E-state index in [4.69, 9.17) is 25.8 Å². The number of hydrazone groups is 1. The Labute approximate surface area is 213 Å². The van der Waals surface area contributed by atoms with Crippen molar-refractivity contribution in [2.24, 2.45) is 5.10 Å². The van der Waals surface area contributed by atoms with Crippen LogP contribution in [0.1, 0.15) is 21.5 Å². The summed E-state index contributed by atoms with van der Waals surface area (Å²) in [6, 6.07) is 16.2. The highest BCUT2D eigenvalue weighted by Gasteiger charge is 2.12. The average Bonchev–Trinajstić information content (AvgIpc) is 2.79. The molecule has 0 aliphatic heterocycles. The van der Waals surface area contributed by atoms with Crippen molar-refractivity contribution in [1.29, 1.82) is 0 Å².